The third kappa shape index (κ3) is 4.19. The monoisotopic (exact) mass is 381 g/mol. The number of para-hydroxylation sites is 2. The van der Waals surface area contributed by atoms with E-state index in [4.69, 9.17) is 16.3 Å². The van der Waals surface area contributed by atoms with Crippen molar-refractivity contribution in [1.82, 2.24) is 14.9 Å². The molecule has 0 spiro atoms. The Kier molecular flexibility index (Phi) is 5.21. The summed E-state index contributed by atoms with van der Waals surface area (Å²) >= 11 is 6.16. The summed E-state index contributed by atoms with van der Waals surface area (Å²) in [5, 5.41) is 0.638. The Balaban J connectivity index is 1.33. The third-order valence-electron chi connectivity index (χ3n) is 4.81. The van der Waals surface area contributed by atoms with Gasteiger partial charge in [0.25, 0.3) is 0 Å². The molecule has 1 aromatic heterocycles. The van der Waals surface area contributed by atoms with Crippen LogP contribution in [0.2, 0.25) is 5.02 Å². The van der Waals surface area contributed by atoms with Crippen molar-refractivity contribution >= 4 is 28.5 Å². The van der Waals surface area contributed by atoms with Crippen LogP contribution < -0.4 is 4.74 Å². The van der Waals surface area contributed by atoms with E-state index in [0.29, 0.717) is 30.4 Å². The van der Waals surface area contributed by atoms with E-state index in [-0.39, 0.29) is 12.0 Å². The molecule has 27 heavy (non-hydrogen) atoms. The van der Waals surface area contributed by atoms with Crippen LogP contribution in [0.25, 0.3) is 11.0 Å². The van der Waals surface area contributed by atoms with Gasteiger partial charge in [-0.1, -0.05) is 41.9 Å². The van der Waals surface area contributed by atoms with Crippen LogP contribution in [0, 0.1) is 0 Å². The number of ether oxygens (including phenoxy) is 1. The lowest BCUT2D eigenvalue weighted by atomic mass is 10.1. The summed E-state index contributed by atoms with van der Waals surface area (Å²) in [5.41, 5.74) is 2.54. The molecule has 0 saturated carbocycles. The van der Waals surface area contributed by atoms with Gasteiger partial charge >= 0.3 is 0 Å². The van der Waals surface area contributed by atoms with E-state index in [1.165, 1.54) is 0 Å². The molecule has 1 fully saturated rings. The van der Waals surface area contributed by atoms with Crippen LogP contribution in [-0.4, -0.2) is 40.0 Å². The highest BCUT2D eigenvalue weighted by atomic mass is 35.5. The average molecular weight is 382 g/mol. The summed E-state index contributed by atoms with van der Waals surface area (Å²) in [6.07, 6.45) is 3.61. The highest BCUT2D eigenvalue weighted by Gasteiger charge is 2.24. The zero-order valence-electron chi connectivity index (χ0n) is 14.8. The maximum absolute atomic E-state index is 12.5. The quantitative estimate of drug-likeness (QED) is 0.687. The molecule has 1 amide bonds. The number of aromatic nitrogens is 2. The fraction of sp³-hybridized carbons (Fsp3) is 0.286. The minimum absolute atomic E-state index is 0.0461. The number of hydrogen-bond donors (Lipinski definition) is 0. The molecule has 0 atom stereocenters. The van der Waals surface area contributed by atoms with Gasteiger partial charge in [0.05, 0.1) is 23.7 Å². The normalized spacial score (nSPS) is 15.1. The first-order valence-electron chi connectivity index (χ1n) is 9.08. The molecule has 138 valence electrons. The summed E-state index contributed by atoms with van der Waals surface area (Å²) in [7, 11) is 0. The topological polar surface area (TPSA) is 55.3 Å². The van der Waals surface area contributed by atoms with Crippen molar-refractivity contribution in [3.8, 4) is 5.88 Å². The largest absolute Gasteiger partial charge is 0.473 e. The lowest BCUT2D eigenvalue weighted by molar-refractivity contribution is -0.132. The number of nitrogens with zero attached hydrogens (tertiary/aromatic N) is 3. The summed E-state index contributed by atoms with van der Waals surface area (Å²) in [4.78, 5) is 23.3. The number of hydrogen-bond acceptors (Lipinski definition) is 4. The molecule has 3 aromatic rings. The minimum atomic E-state index is 0.0461. The van der Waals surface area contributed by atoms with Crippen molar-refractivity contribution in [2.24, 2.45) is 0 Å². The number of fused-ring (bicyclic) bond motifs is 1. The van der Waals surface area contributed by atoms with Gasteiger partial charge in [0.1, 0.15) is 6.10 Å². The Hall–Kier alpha value is -2.66. The fourth-order valence-corrected chi connectivity index (χ4v) is 3.51. The standard InChI is InChI=1S/C21H20ClN3O2/c22-17-6-2-1-5-15(17)13-21(26)25-11-9-16(10-12-25)27-20-14-23-18-7-3-4-8-19(18)24-20/h1-8,14,16H,9-13H2. The molecule has 5 nitrogen and oxygen atoms in total. The third-order valence-corrected chi connectivity index (χ3v) is 5.18. The van der Waals surface area contributed by atoms with Crippen LogP contribution in [-0.2, 0) is 11.2 Å². The summed E-state index contributed by atoms with van der Waals surface area (Å²) < 4.78 is 6.00. The molecule has 0 radical (unpaired) electrons. The van der Waals surface area contributed by atoms with E-state index < -0.39 is 0 Å². The van der Waals surface area contributed by atoms with E-state index in [1.54, 1.807) is 6.20 Å². The second kappa shape index (κ2) is 7.92. The molecule has 1 saturated heterocycles. The van der Waals surface area contributed by atoms with Gasteiger partial charge in [-0.25, -0.2) is 9.97 Å². The van der Waals surface area contributed by atoms with E-state index in [9.17, 15) is 4.79 Å². The number of piperidine rings is 1. The molecule has 0 N–H and O–H groups in total. The lowest BCUT2D eigenvalue weighted by Gasteiger charge is -2.32. The number of halogens is 1. The van der Waals surface area contributed by atoms with Crippen LogP contribution in [0.3, 0.4) is 0 Å². The Morgan fingerprint density at radius 1 is 1.07 bits per heavy atom. The van der Waals surface area contributed by atoms with E-state index in [1.807, 2.05) is 53.4 Å². The van der Waals surface area contributed by atoms with E-state index in [0.717, 1.165) is 29.4 Å². The predicted molar refractivity (Wildman–Crippen MR) is 105 cm³/mol. The number of rotatable bonds is 4. The first-order valence-corrected chi connectivity index (χ1v) is 9.46. The second-order valence-electron chi connectivity index (χ2n) is 6.66. The van der Waals surface area contributed by atoms with Crippen LogP contribution in [0.5, 0.6) is 5.88 Å². The van der Waals surface area contributed by atoms with Gasteiger partial charge < -0.3 is 9.64 Å². The maximum atomic E-state index is 12.5. The molecule has 1 aliphatic heterocycles. The van der Waals surface area contributed by atoms with Gasteiger partial charge in [0.2, 0.25) is 11.8 Å². The number of carbonyl (C=O) groups excluding carboxylic acids is 1. The highest BCUT2D eigenvalue weighted by Crippen LogP contribution is 2.21. The van der Waals surface area contributed by atoms with Crippen molar-refractivity contribution in [2.75, 3.05) is 13.1 Å². The fourth-order valence-electron chi connectivity index (χ4n) is 3.31. The average Bonchev–Trinajstić information content (AvgIpc) is 2.70. The maximum Gasteiger partial charge on any atom is 0.233 e. The van der Waals surface area contributed by atoms with E-state index >= 15 is 0 Å². The van der Waals surface area contributed by atoms with Gasteiger partial charge in [0.15, 0.2) is 0 Å². The van der Waals surface area contributed by atoms with Crippen LogP contribution >= 0.6 is 11.6 Å². The van der Waals surface area contributed by atoms with Gasteiger partial charge in [-0.2, -0.15) is 0 Å². The highest BCUT2D eigenvalue weighted by molar-refractivity contribution is 6.31. The molecule has 1 aliphatic rings. The van der Waals surface area contributed by atoms with Crippen molar-refractivity contribution in [3.63, 3.8) is 0 Å². The number of benzene rings is 2. The molecule has 4 rings (SSSR count). The molecule has 0 aliphatic carbocycles. The predicted octanol–water partition coefficient (Wildman–Crippen LogP) is 3.90. The molecule has 0 unspecified atom stereocenters. The number of amides is 1. The van der Waals surface area contributed by atoms with Gasteiger partial charge in [-0.3, -0.25) is 4.79 Å². The Morgan fingerprint density at radius 2 is 1.78 bits per heavy atom. The molecular weight excluding hydrogens is 362 g/mol. The summed E-state index contributed by atoms with van der Waals surface area (Å²) in [6.45, 7) is 1.35. The van der Waals surface area contributed by atoms with Crippen LogP contribution in [0.15, 0.2) is 54.7 Å². The molecule has 2 heterocycles. The first-order chi connectivity index (χ1) is 13.2. The Bertz CT molecular complexity index is 955. The second-order valence-corrected chi connectivity index (χ2v) is 7.07. The van der Waals surface area contributed by atoms with Gasteiger partial charge in [0, 0.05) is 31.0 Å². The minimum Gasteiger partial charge on any atom is -0.473 e. The first kappa shape index (κ1) is 17.7. The molecular formula is C21H20ClN3O2. The smallest absolute Gasteiger partial charge is 0.233 e. The molecule has 2 aromatic carbocycles. The SMILES string of the molecule is O=C(Cc1ccccc1Cl)N1CCC(Oc2cnc3ccccc3n2)CC1. The van der Waals surface area contributed by atoms with Crippen LogP contribution in [0.4, 0.5) is 0 Å². The Morgan fingerprint density at radius 3 is 2.56 bits per heavy atom. The van der Waals surface area contributed by atoms with Crippen molar-refractivity contribution in [3.05, 3.63) is 65.3 Å². The van der Waals surface area contributed by atoms with Gasteiger partial charge in [-0.15, -0.1) is 0 Å². The zero-order chi connectivity index (χ0) is 18.6. The van der Waals surface area contributed by atoms with Crippen molar-refractivity contribution in [1.29, 1.82) is 0 Å². The number of likely N-dealkylation sites (tertiary alicyclic amines) is 1. The number of carbonyl (C=O) groups is 1. The van der Waals surface area contributed by atoms with Crippen molar-refractivity contribution in [2.45, 2.75) is 25.4 Å². The zero-order valence-corrected chi connectivity index (χ0v) is 15.6. The van der Waals surface area contributed by atoms with Crippen LogP contribution in [0.1, 0.15) is 18.4 Å². The molecule has 0 bridgehead atoms. The summed E-state index contributed by atoms with van der Waals surface area (Å²) in [5.74, 6) is 0.640. The summed E-state index contributed by atoms with van der Waals surface area (Å²) in [6, 6.07) is 15.2. The molecule has 6 heteroatoms. The lowest BCUT2D eigenvalue weighted by Crippen LogP contribution is -2.42. The Labute approximate surface area is 162 Å². The van der Waals surface area contributed by atoms with Crippen molar-refractivity contribution < 1.29 is 9.53 Å². The van der Waals surface area contributed by atoms with E-state index in [2.05, 4.69) is 9.97 Å². The van der Waals surface area contributed by atoms with Gasteiger partial charge in [-0.05, 0) is 23.8 Å².